The van der Waals surface area contributed by atoms with Gasteiger partial charge in [0.1, 0.15) is 0 Å². The van der Waals surface area contributed by atoms with Crippen molar-refractivity contribution in [3.8, 4) is 0 Å². The summed E-state index contributed by atoms with van der Waals surface area (Å²) in [7, 11) is -0.275. The largest absolute Gasteiger partial charge is 0.387 e. The second-order valence-electron chi connectivity index (χ2n) is 11.2. The van der Waals surface area contributed by atoms with Crippen molar-refractivity contribution < 1.29 is 20.1 Å². The summed E-state index contributed by atoms with van der Waals surface area (Å²) in [6.07, 6.45) is 19.7. The van der Waals surface area contributed by atoms with Crippen molar-refractivity contribution in [3.05, 3.63) is 35.6 Å². The SMILES string of the molecule is C[C@H]1C=C(C2=CC[C@@H](O[C@@H]3C=CNC(C4CC([C@@H](O)/N=S(/C)CCCC(O)O)CN4)C3)CC2)CCC1. The van der Waals surface area contributed by atoms with Crippen LogP contribution in [0.4, 0.5) is 0 Å². The van der Waals surface area contributed by atoms with E-state index in [1.54, 1.807) is 11.1 Å². The fourth-order valence-electron chi connectivity index (χ4n) is 6.06. The molecule has 0 aromatic carbocycles. The van der Waals surface area contributed by atoms with E-state index in [4.69, 9.17) is 14.9 Å². The number of hydrogen-bond donors (Lipinski definition) is 5. The van der Waals surface area contributed by atoms with Gasteiger partial charge in [-0.25, -0.2) is 4.36 Å². The number of nitrogens with one attached hydrogen (secondary N) is 2. The van der Waals surface area contributed by atoms with Crippen molar-refractivity contribution in [2.24, 2.45) is 16.2 Å². The normalized spacial score (nSPS) is 34.8. The van der Waals surface area contributed by atoms with E-state index in [0.29, 0.717) is 18.9 Å². The van der Waals surface area contributed by atoms with Crippen molar-refractivity contribution in [2.75, 3.05) is 18.6 Å². The van der Waals surface area contributed by atoms with Crippen LogP contribution in [0.15, 0.2) is 39.9 Å². The highest BCUT2D eigenvalue weighted by atomic mass is 32.2. The zero-order chi connectivity index (χ0) is 25.5. The van der Waals surface area contributed by atoms with Crippen molar-refractivity contribution in [1.29, 1.82) is 0 Å². The summed E-state index contributed by atoms with van der Waals surface area (Å²) in [4.78, 5) is 0. The Labute approximate surface area is 219 Å². The Bertz CT molecular complexity index is 843. The Morgan fingerprint density at radius 1 is 1.14 bits per heavy atom. The van der Waals surface area contributed by atoms with Crippen LogP contribution < -0.4 is 10.6 Å². The van der Waals surface area contributed by atoms with Crippen LogP contribution in [0.5, 0.6) is 0 Å². The summed E-state index contributed by atoms with van der Waals surface area (Å²) in [5.41, 5.74) is 3.15. The molecule has 2 aliphatic carbocycles. The van der Waals surface area contributed by atoms with Gasteiger partial charge in [0.2, 0.25) is 0 Å². The number of rotatable bonds is 10. The number of allylic oxidation sites excluding steroid dienone is 3. The van der Waals surface area contributed by atoms with Gasteiger partial charge in [0.15, 0.2) is 12.5 Å². The molecule has 2 heterocycles. The van der Waals surface area contributed by atoms with E-state index < -0.39 is 12.5 Å². The van der Waals surface area contributed by atoms with E-state index in [1.165, 1.54) is 19.3 Å². The molecule has 8 heteroatoms. The van der Waals surface area contributed by atoms with Crippen LogP contribution in [-0.2, 0) is 15.4 Å². The van der Waals surface area contributed by atoms with E-state index in [2.05, 4.69) is 40.1 Å². The number of hydrogen-bond acceptors (Lipinski definition) is 7. The zero-order valence-electron chi connectivity index (χ0n) is 22.0. The van der Waals surface area contributed by atoms with Crippen LogP contribution in [0, 0.1) is 11.8 Å². The molecular weight excluding hydrogens is 474 g/mol. The van der Waals surface area contributed by atoms with Crippen LogP contribution in [0.3, 0.4) is 0 Å². The number of aliphatic hydroxyl groups excluding tert-OH is 2. The Hall–Kier alpha value is -1.03. The molecule has 4 aliphatic rings. The third kappa shape index (κ3) is 8.23. The number of ether oxygens (including phenoxy) is 1. The van der Waals surface area contributed by atoms with Gasteiger partial charge in [-0.15, -0.1) is 10.7 Å². The number of aliphatic hydroxyl groups is 3. The highest BCUT2D eigenvalue weighted by Crippen LogP contribution is 2.34. The average Bonchev–Trinajstić information content (AvgIpc) is 3.35. The monoisotopic (exact) mass is 521 g/mol. The molecule has 7 nitrogen and oxygen atoms in total. The Balaban J connectivity index is 1.21. The van der Waals surface area contributed by atoms with Gasteiger partial charge in [-0.05, 0) is 99.8 Å². The Morgan fingerprint density at radius 2 is 2.00 bits per heavy atom. The maximum Gasteiger partial charge on any atom is 0.155 e. The minimum absolute atomic E-state index is 0.110. The molecule has 0 aromatic rings. The van der Waals surface area contributed by atoms with Crippen molar-refractivity contribution >= 4 is 10.7 Å². The second kappa shape index (κ2) is 13.7. The van der Waals surface area contributed by atoms with Gasteiger partial charge >= 0.3 is 0 Å². The van der Waals surface area contributed by atoms with Gasteiger partial charge < -0.3 is 30.7 Å². The highest BCUT2D eigenvalue weighted by molar-refractivity contribution is 7.86. The third-order valence-electron chi connectivity index (χ3n) is 8.14. The first-order valence-corrected chi connectivity index (χ1v) is 15.7. The lowest BCUT2D eigenvalue weighted by atomic mass is 9.83. The van der Waals surface area contributed by atoms with Crippen LogP contribution in [0.25, 0.3) is 0 Å². The van der Waals surface area contributed by atoms with E-state index in [0.717, 1.165) is 50.3 Å². The lowest BCUT2D eigenvalue weighted by molar-refractivity contribution is -0.0451. The summed E-state index contributed by atoms with van der Waals surface area (Å²) in [5, 5.41) is 35.8. The van der Waals surface area contributed by atoms with Gasteiger partial charge in [-0.1, -0.05) is 19.1 Å². The summed E-state index contributed by atoms with van der Waals surface area (Å²) in [5.74, 6) is 1.61. The standard InChI is InChI=1S/C28H47N3O4S/c1-19-5-3-6-21(15-19)20-8-10-23(11-9-20)35-24-12-13-29-26(17-24)25-16-22(18-30-25)28(34)31-36(2)14-4-7-27(32)33/h8,12-13,15,19,22-30,32-34H,3-7,9-11,14,16-18H2,1-2H3/t19-,22?,23-,24-,25?,26?,28-,36?/m1/s1. The summed E-state index contributed by atoms with van der Waals surface area (Å²) < 4.78 is 11.1. The zero-order valence-corrected chi connectivity index (χ0v) is 22.8. The van der Waals surface area contributed by atoms with Crippen molar-refractivity contribution in [2.45, 2.75) is 108 Å². The van der Waals surface area contributed by atoms with Crippen LogP contribution in [0.2, 0.25) is 0 Å². The van der Waals surface area contributed by atoms with E-state index in [-0.39, 0.29) is 34.8 Å². The lowest BCUT2D eigenvalue weighted by Crippen LogP contribution is -2.47. The molecule has 0 spiro atoms. The maximum absolute atomic E-state index is 10.7. The predicted octanol–water partition coefficient (Wildman–Crippen LogP) is 3.29. The van der Waals surface area contributed by atoms with E-state index in [9.17, 15) is 5.11 Å². The topological polar surface area (TPSA) is 106 Å². The Kier molecular flexibility index (Phi) is 10.6. The minimum atomic E-state index is -1.26. The molecule has 5 N–H and O–H groups in total. The van der Waals surface area contributed by atoms with Gasteiger partial charge in [0.25, 0.3) is 0 Å². The summed E-state index contributed by atoms with van der Waals surface area (Å²) in [6.45, 7) is 3.10. The molecule has 2 aliphatic heterocycles. The minimum Gasteiger partial charge on any atom is -0.387 e. The quantitative estimate of drug-likeness (QED) is 0.283. The van der Waals surface area contributed by atoms with Crippen LogP contribution in [-0.4, -0.2) is 70.7 Å². The van der Waals surface area contributed by atoms with Gasteiger partial charge in [0.05, 0.1) is 12.2 Å². The predicted molar refractivity (Wildman–Crippen MR) is 146 cm³/mol. The Morgan fingerprint density at radius 3 is 2.75 bits per heavy atom. The molecule has 0 amide bonds. The molecule has 0 bridgehead atoms. The first-order chi connectivity index (χ1) is 17.4. The van der Waals surface area contributed by atoms with Crippen molar-refractivity contribution in [1.82, 2.24) is 10.6 Å². The second-order valence-corrected chi connectivity index (χ2v) is 13.0. The molecular formula is C28H47N3O4S. The highest BCUT2D eigenvalue weighted by Gasteiger charge is 2.36. The summed E-state index contributed by atoms with van der Waals surface area (Å²) in [6, 6.07) is 0.573. The molecule has 36 heavy (non-hydrogen) atoms. The first-order valence-electron chi connectivity index (χ1n) is 14.0. The van der Waals surface area contributed by atoms with Gasteiger partial charge in [-0.2, -0.15) is 0 Å². The van der Waals surface area contributed by atoms with Gasteiger partial charge in [0, 0.05) is 30.3 Å². The smallest absolute Gasteiger partial charge is 0.155 e. The summed E-state index contributed by atoms with van der Waals surface area (Å²) >= 11 is 0. The molecule has 1 fully saturated rings. The van der Waals surface area contributed by atoms with Gasteiger partial charge in [-0.3, -0.25) is 0 Å². The average molecular weight is 522 g/mol. The first kappa shape index (κ1) is 28.0. The molecule has 0 radical (unpaired) electrons. The molecule has 0 saturated carbocycles. The van der Waals surface area contributed by atoms with Crippen LogP contribution in [0.1, 0.15) is 71.1 Å². The molecule has 204 valence electrons. The molecule has 1 saturated heterocycles. The van der Waals surface area contributed by atoms with Crippen LogP contribution >= 0.6 is 0 Å². The molecule has 8 atom stereocenters. The number of nitrogens with zero attached hydrogens (tertiary/aromatic N) is 1. The molecule has 0 aromatic heterocycles. The van der Waals surface area contributed by atoms with E-state index in [1.807, 2.05) is 12.5 Å². The fraction of sp³-hybridized carbons (Fsp3) is 0.786. The lowest BCUT2D eigenvalue weighted by Gasteiger charge is -2.34. The maximum atomic E-state index is 10.7. The fourth-order valence-corrected chi connectivity index (χ4v) is 7.29. The third-order valence-corrected chi connectivity index (χ3v) is 9.59. The van der Waals surface area contributed by atoms with E-state index >= 15 is 0 Å². The van der Waals surface area contributed by atoms with Crippen molar-refractivity contribution in [3.63, 3.8) is 0 Å². The molecule has 4 unspecified atom stereocenters. The molecule has 4 rings (SSSR count).